The van der Waals surface area contributed by atoms with Gasteiger partial charge in [0.1, 0.15) is 0 Å². The minimum Gasteiger partial charge on any atom is -0.506 e. The molecule has 0 aliphatic carbocycles. The lowest BCUT2D eigenvalue weighted by atomic mass is 9.56. The van der Waals surface area contributed by atoms with Gasteiger partial charge >= 0.3 is 0 Å². The average molecular weight is 178 g/mol. The first-order valence-corrected chi connectivity index (χ1v) is 5.53. The molecule has 3 unspecified atom stereocenters. The zero-order valence-electron chi connectivity index (χ0n) is 8.75. The van der Waals surface area contributed by atoms with Crippen LogP contribution in [0.15, 0.2) is 0 Å². The summed E-state index contributed by atoms with van der Waals surface area (Å²) >= 11 is 0. The molecule has 0 aromatic rings. The molecule has 3 aliphatic heterocycles. The molecule has 2 heteroatoms. The van der Waals surface area contributed by atoms with E-state index in [4.69, 9.17) is 0 Å². The van der Waals surface area contributed by atoms with Crippen LogP contribution in [0.2, 0.25) is 0 Å². The Labute approximate surface area is 79.8 Å². The number of hydrogen-bond donors (Lipinski definition) is 0. The maximum atomic E-state index is 10.3. The van der Waals surface area contributed by atoms with Gasteiger partial charge in [0.2, 0.25) is 0 Å². The Morgan fingerprint density at radius 3 is 1.54 bits per heavy atom. The minimum absolute atomic E-state index is 0.139. The van der Waals surface area contributed by atoms with Gasteiger partial charge in [0.05, 0.1) is 0 Å². The minimum atomic E-state index is 0.139. The van der Waals surface area contributed by atoms with Crippen LogP contribution in [-0.2, 0) is 0 Å². The number of nitrogens with zero attached hydrogens (tertiary/aromatic N) is 2. The molecular formula is C11H18N2. The van der Waals surface area contributed by atoms with E-state index < -0.39 is 0 Å². The molecule has 0 spiro atoms. The van der Waals surface area contributed by atoms with Crippen LogP contribution in [-0.4, -0.2) is 15.8 Å². The molecule has 0 amide bonds. The van der Waals surface area contributed by atoms with E-state index in [0.717, 1.165) is 0 Å². The van der Waals surface area contributed by atoms with E-state index in [2.05, 4.69) is 20.8 Å². The van der Waals surface area contributed by atoms with Gasteiger partial charge in [-0.15, -0.1) is 0 Å². The highest BCUT2D eigenvalue weighted by molar-refractivity contribution is 5.17. The van der Waals surface area contributed by atoms with Crippen LogP contribution in [0.3, 0.4) is 0 Å². The fraction of sp³-hybridized carbons (Fsp3) is 1.00. The second-order valence-electron chi connectivity index (χ2n) is 5.74. The van der Waals surface area contributed by atoms with Crippen molar-refractivity contribution in [2.45, 2.75) is 51.1 Å². The highest BCUT2D eigenvalue weighted by atomic mass is 15.4. The Bertz CT molecular complexity index is 260. The van der Waals surface area contributed by atoms with Crippen molar-refractivity contribution in [3.63, 3.8) is 0 Å². The lowest BCUT2D eigenvalue weighted by Crippen LogP contribution is -2.49. The van der Waals surface area contributed by atoms with Crippen molar-refractivity contribution in [3.8, 4) is 0 Å². The first-order valence-electron chi connectivity index (χ1n) is 5.53. The van der Waals surface area contributed by atoms with Gasteiger partial charge in [-0.05, 0) is 0 Å². The van der Waals surface area contributed by atoms with E-state index in [1.54, 1.807) is 4.70 Å². The molecule has 2 nitrogen and oxygen atoms in total. The number of rotatable bonds is 0. The van der Waals surface area contributed by atoms with Gasteiger partial charge in [0.15, 0.2) is 11.1 Å². The zero-order valence-corrected chi connectivity index (χ0v) is 8.75. The third-order valence-corrected chi connectivity index (χ3v) is 5.24. The molecule has 0 N–H and O–H groups in total. The topological polar surface area (TPSA) is 25.3 Å². The van der Waals surface area contributed by atoms with Crippen LogP contribution in [0, 0.1) is 17.8 Å². The maximum Gasteiger partial charge on any atom is 0.159 e. The molecule has 0 saturated carbocycles. The van der Waals surface area contributed by atoms with Crippen LogP contribution in [0.25, 0.3) is 5.53 Å². The quantitative estimate of drug-likeness (QED) is 0.509. The molecule has 3 aliphatic rings. The third kappa shape index (κ3) is 0.537. The first kappa shape index (κ1) is 7.95. The SMILES string of the molecule is CC1CC23CC(C)C1(C(C)C2)[N+]3=[N-]. The van der Waals surface area contributed by atoms with Gasteiger partial charge in [0, 0.05) is 37.0 Å². The second kappa shape index (κ2) is 1.84. The Hall–Kier alpha value is -0.400. The van der Waals surface area contributed by atoms with Crippen molar-refractivity contribution in [1.29, 1.82) is 0 Å². The average Bonchev–Trinajstić information content (AvgIpc) is 2.40. The normalized spacial score (nSPS) is 63.6. The predicted molar refractivity (Wildman–Crippen MR) is 50.4 cm³/mol. The largest absolute Gasteiger partial charge is 0.506 e. The summed E-state index contributed by atoms with van der Waals surface area (Å²) < 4.78 is 1.76. The Balaban J connectivity index is 2.22. The molecule has 3 atom stereocenters. The molecule has 3 fully saturated rings. The van der Waals surface area contributed by atoms with Crippen molar-refractivity contribution >= 4 is 0 Å². The summed E-state index contributed by atoms with van der Waals surface area (Å²) in [5.41, 5.74) is 10.6. The molecule has 72 valence electrons. The first-order chi connectivity index (χ1) is 6.04. The monoisotopic (exact) mass is 178 g/mol. The summed E-state index contributed by atoms with van der Waals surface area (Å²) in [6, 6.07) is 0. The van der Waals surface area contributed by atoms with E-state index in [1.165, 1.54) is 19.3 Å². The highest BCUT2D eigenvalue weighted by Gasteiger charge is 2.78. The van der Waals surface area contributed by atoms with Crippen LogP contribution in [0.5, 0.6) is 0 Å². The molecule has 3 rings (SSSR count). The lowest BCUT2D eigenvalue weighted by Gasteiger charge is -2.40. The lowest BCUT2D eigenvalue weighted by molar-refractivity contribution is -0.634. The van der Waals surface area contributed by atoms with E-state index in [9.17, 15) is 5.53 Å². The van der Waals surface area contributed by atoms with Gasteiger partial charge in [-0.1, -0.05) is 20.8 Å². The zero-order chi connectivity index (χ0) is 9.43. The summed E-state index contributed by atoms with van der Waals surface area (Å²) in [5.74, 6) is 2.06. The Kier molecular flexibility index (Phi) is 1.13. The Morgan fingerprint density at radius 2 is 1.38 bits per heavy atom. The molecule has 0 aromatic carbocycles. The van der Waals surface area contributed by atoms with Crippen LogP contribution in [0.1, 0.15) is 40.0 Å². The number of hydrogen-bond acceptors (Lipinski definition) is 0. The summed E-state index contributed by atoms with van der Waals surface area (Å²) in [4.78, 5) is 0. The van der Waals surface area contributed by atoms with Gasteiger partial charge in [-0.3, -0.25) is 0 Å². The molecule has 3 saturated heterocycles. The molecule has 3 heterocycles. The van der Waals surface area contributed by atoms with Crippen molar-refractivity contribution < 1.29 is 4.70 Å². The van der Waals surface area contributed by atoms with Crippen molar-refractivity contribution in [1.82, 2.24) is 0 Å². The van der Waals surface area contributed by atoms with Gasteiger partial charge in [0.25, 0.3) is 0 Å². The van der Waals surface area contributed by atoms with Gasteiger partial charge in [-0.2, -0.15) is 0 Å². The molecule has 2 bridgehead atoms. The maximum absolute atomic E-state index is 10.3. The smallest absolute Gasteiger partial charge is 0.159 e. The van der Waals surface area contributed by atoms with Crippen LogP contribution >= 0.6 is 0 Å². The van der Waals surface area contributed by atoms with E-state index in [1.807, 2.05) is 0 Å². The molecule has 13 heavy (non-hydrogen) atoms. The summed E-state index contributed by atoms with van der Waals surface area (Å²) in [6.45, 7) is 6.95. The Morgan fingerprint density at radius 1 is 1.00 bits per heavy atom. The van der Waals surface area contributed by atoms with Crippen LogP contribution in [0.4, 0.5) is 0 Å². The van der Waals surface area contributed by atoms with Crippen molar-refractivity contribution in [2.75, 3.05) is 0 Å². The molecular weight excluding hydrogens is 160 g/mol. The second-order valence-corrected chi connectivity index (χ2v) is 5.74. The molecule has 0 aromatic heterocycles. The fourth-order valence-corrected chi connectivity index (χ4v) is 5.20. The van der Waals surface area contributed by atoms with E-state index in [0.29, 0.717) is 17.8 Å². The van der Waals surface area contributed by atoms with E-state index >= 15 is 0 Å². The third-order valence-electron chi connectivity index (χ3n) is 5.24. The van der Waals surface area contributed by atoms with E-state index in [-0.39, 0.29) is 11.1 Å². The summed E-state index contributed by atoms with van der Waals surface area (Å²) in [7, 11) is 0. The summed E-state index contributed by atoms with van der Waals surface area (Å²) in [5, 5.41) is 0. The molecule has 0 radical (unpaired) electrons. The van der Waals surface area contributed by atoms with Gasteiger partial charge in [-0.25, -0.2) is 0 Å². The van der Waals surface area contributed by atoms with Crippen molar-refractivity contribution in [3.05, 3.63) is 5.53 Å². The highest BCUT2D eigenvalue weighted by Crippen LogP contribution is 2.67. The van der Waals surface area contributed by atoms with Crippen LogP contribution < -0.4 is 0 Å². The standard InChI is InChI=1S/C11H18N2/c1-7-4-10-5-8(2)11(7,13(10)12)9(3)6-10/h7-9H,4-6H2,1-3H3. The van der Waals surface area contributed by atoms with Gasteiger partial charge < -0.3 is 10.2 Å². The predicted octanol–water partition coefficient (Wildman–Crippen LogP) is 2.62. The van der Waals surface area contributed by atoms with Crippen molar-refractivity contribution in [2.24, 2.45) is 17.8 Å². The fourth-order valence-electron chi connectivity index (χ4n) is 5.20. The summed E-state index contributed by atoms with van der Waals surface area (Å²) in [6.07, 6.45) is 3.66.